The highest BCUT2D eigenvalue weighted by atomic mass is 32.2. The van der Waals surface area contributed by atoms with Gasteiger partial charge < -0.3 is 10.4 Å². The SMILES string of the molecule is Cc1sc(S(=O)(=O)NC(=O)Nc2c(C(C)C)ccc(F)c2C(C)C)cc1C(C)(C)O. The fourth-order valence-electron chi connectivity index (χ4n) is 3.30. The molecule has 3 N–H and O–H groups in total. The molecule has 0 unspecified atom stereocenters. The predicted octanol–water partition coefficient (Wildman–Crippen LogP) is 5.18. The maximum atomic E-state index is 14.4. The van der Waals surface area contributed by atoms with E-state index in [0.717, 1.165) is 11.3 Å². The van der Waals surface area contributed by atoms with Crippen LogP contribution in [0.2, 0.25) is 0 Å². The third-order valence-corrected chi connectivity index (χ3v) is 7.56. The number of thiophene rings is 1. The fraction of sp³-hybridized carbons (Fsp3) is 0.476. The number of hydrogen-bond donors (Lipinski definition) is 3. The molecule has 0 bridgehead atoms. The van der Waals surface area contributed by atoms with Crippen LogP contribution in [0.25, 0.3) is 0 Å². The number of carbonyl (C=O) groups is 1. The van der Waals surface area contributed by atoms with E-state index in [2.05, 4.69) is 5.32 Å². The molecule has 1 aromatic carbocycles. The zero-order valence-electron chi connectivity index (χ0n) is 18.3. The second kappa shape index (κ2) is 8.64. The number of rotatable bonds is 6. The number of hydrogen-bond acceptors (Lipinski definition) is 5. The first-order valence-electron chi connectivity index (χ1n) is 9.64. The standard InChI is InChI=1S/C21H29FN2O4S2/c1-11(2)14-8-9-16(22)18(12(3)4)19(14)23-20(25)24-30(27,28)17-10-15(13(5)29-17)21(6,7)26/h8-12,26H,1-7H3,(H2,23,24,25). The molecular formula is C21H29FN2O4S2. The van der Waals surface area contributed by atoms with E-state index in [9.17, 15) is 22.7 Å². The molecule has 2 aromatic rings. The van der Waals surface area contributed by atoms with E-state index in [4.69, 9.17) is 0 Å². The zero-order chi connectivity index (χ0) is 23.0. The summed E-state index contributed by atoms with van der Waals surface area (Å²) in [7, 11) is -4.17. The lowest BCUT2D eigenvalue weighted by Gasteiger charge is -2.21. The van der Waals surface area contributed by atoms with Crippen molar-refractivity contribution in [3.63, 3.8) is 0 Å². The third kappa shape index (κ3) is 5.19. The molecule has 30 heavy (non-hydrogen) atoms. The van der Waals surface area contributed by atoms with Crippen molar-refractivity contribution in [2.24, 2.45) is 0 Å². The van der Waals surface area contributed by atoms with Gasteiger partial charge in [-0.1, -0.05) is 33.8 Å². The molecule has 0 aliphatic rings. The summed E-state index contributed by atoms with van der Waals surface area (Å²) in [5.41, 5.74) is 0.583. The van der Waals surface area contributed by atoms with Crippen molar-refractivity contribution in [2.45, 2.75) is 70.1 Å². The van der Waals surface area contributed by atoms with Crippen LogP contribution in [0.4, 0.5) is 14.9 Å². The Hall–Kier alpha value is -1.97. The van der Waals surface area contributed by atoms with Crippen LogP contribution in [0.15, 0.2) is 22.4 Å². The summed E-state index contributed by atoms with van der Waals surface area (Å²) in [5.74, 6) is -0.689. The van der Waals surface area contributed by atoms with Crippen molar-refractivity contribution in [1.82, 2.24) is 4.72 Å². The maximum Gasteiger partial charge on any atom is 0.333 e. The van der Waals surface area contributed by atoms with Gasteiger partial charge in [0, 0.05) is 10.4 Å². The zero-order valence-corrected chi connectivity index (χ0v) is 19.9. The third-order valence-electron chi connectivity index (χ3n) is 4.71. The number of aliphatic hydroxyl groups is 1. The number of sulfonamides is 1. The van der Waals surface area contributed by atoms with Crippen molar-refractivity contribution in [3.8, 4) is 0 Å². The van der Waals surface area contributed by atoms with Crippen LogP contribution in [-0.4, -0.2) is 19.6 Å². The van der Waals surface area contributed by atoms with E-state index >= 15 is 0 Å². The molecule has 2 amide bonds. The molecule has 1 heterocycles. The Morgan fingerprint density at radius 3 is 2.23 bits per heavy atom. The summed E-state index contributed by atoms with van der Waals surface area (Å²) in [5, 5.41) is 12.7. The van der Waals surface area contributed by atoms with Gasteiger partial charge in [-0.05, 0) is 55.9 Å². The summed E-state index contributed by atoms with van der Waals surface area (Å²) >= 11 is 0.965. The van der Waals surface area contributed by atoms with E-state index in [0.29, 0.717) is 21.6 Å². The molecule has 0 radical (unpaired) electrons. The summed E-state index contributed by atoms with van der Waals surface area (Å²) in [6.45, 7) is 12.2. The van der Waals surface area contributed by atoms with Crippen molar-refractivity contribution in [2.75, 3.05) is 5.32 Å². The Bertz CT molecular complexity index is 1050. The van der Waals surface area contributed by atoms with Crippen LogP contribution >= 0.6 is 11.3 Å². The minimum Gasteiger partial charge on any atom is -0.386 e. The molecule has 0 atom stereocenters. The van der Waals surface area contributed by atoms with Gasteiger partial charge in [0.1, 0.15) is 10.0 Å². The number of halogens is 1. The highest BCUT2D eigenvalue weighted by molar-refractivity contribution is 7.92. The predicted molar refractivity (Wildman–Crippen MR) is 118 cm³/mol. The quantitative estimate of drug-likeness (QED) is 0.558. The van der Waals surface area contributed by atoms with E-state index in [1.807, 2.05) is 18.6 Å². The van der Waals surface area contributed by atoms with Crippen LogP contribution in [0.3, 0.4) is 0 Å². The highest BCUT2D eigenvalue weighted by Gasteiger charge is 2.28. The molecular weight excluding hydrogens is 427 g/mol. The molecule has 9 heteroatoms. The topological polar surface area (TPSA) is 95.5 Å². The van der Waals surface area contributed by atoms with E-state index in [1.54, 1.807) is 40.7 Å². The summed E-state index contributed by atoms with van der Waals surface area (Å²) in [4.78, 5) is 13.2. The van der Waals surface area contributed by atoms with Crippen molar-refractivity contribution in [1.29, 1.82) is 0 Å². The van der Waals surface area contributed by atoms with Crippen LogP contribution in [0.5, 0.6) is 0 Å². The monoisotopic (exact) mass is 456 g/mol. The van der Waals surface area contributed by atoms with Crippen LogP contribution < -0.4 is 10.0 Å². The number of urea groups is 1. The van der Waals surface area contributed by atoms with Gasteiger partial charge in [-0.15, -0.1) is 11.3 Å². The summed E-state index contributed by atoms with van der Waals surface area (Å²) < 4.78 is 41.8. The lowest BCUT2D eigenvalue weighted by molar-refractivity contribution is 0.0783. The van der Waals surface area contributed by atoms with Gasteiger partial charge in [0.2, 0.25) is 0 Å². The Kier molecular flexibility index (Phi) is 7.00. The summed E-state index contributed by atoms with van der Waals surface area (Å²) in [6.07, 6.45) is 0. The second-order valence-electron chi connectivity index (χ2n) is 8.39. The highest BCUT2D eigenvalue weighted by Crippen LogP contribution is 2.35. The normalized spacial score (nSPS) is 12.5. The Labute approximate surface area is 181 Å². The van der Waals surface area contributed by atoms with Crippen molar-refractivity contribution < 1.29 is 22.7 Å². The lowest BCUT2D eigenvalue weighted by Crippen LogP contribution is -2.34. The van der Waals surface area contributed by atoms with Crippen LogP contribution in [0.1, 0.15) is 74.9 Å². The molecule has 166 valence electrons. The second-order valence-corrected chi connectivity index (χ2v) is 11.6. The van der Waals surface area contributed by atoms with E-state index in [-0.39, 0.29) is 21.7 Å². The average molecular weight is 457 g/mol. The van der Waals surface area contributed by atoms with E-state index < -0.39 is 27.5 Å². The molecule has 0 saturated heterocycles. The van der Waals surface area contributed by atoms with Gasteiger partial charge in [0.25, 0.3) is 10.0 Å². The molecule has 1 aromatic heterocycles. The number of amides is 2. The molecule has 2 rings (SSSR count). The lowest BCUT2D eigenvalue weighted by atomic mass is 9.92. The molecule has 0 spiro atoms. The maximum absolute atomic E-state index is 14.4. The van der Waals surface area contributed by atoms with Gasteiger partial charge in [0.05, 0.1) is 11.3 Å². The van der Waals surface area contributed by atoms with Crippen LogP contribution in [0, 0.1) is 12.7 Å². The Morgan fingerprint density at radius 2 is 1.77 bits per heavy atom. The van der Waals surface area contributed by atoms with Gasteiger partial charge in [-0.2, -0.15) is 0 Å². The smallest absolute Gasteiger partial charge is 0.333 e. The minimum atomic E-state index is -4.17. The number of aryl methyl sites for hydroxylation is 1. The van der Waals surface area contributed by atoms with Crippen molar-refractivity contribution in [3.05, 3.63) is 45.6 Å². The van der Waals surface area contributed by atoms with E-state index in [1.165, 1.54) is 12.1 Å². The number of carbonyl (C=O) groups excluding carboxylic acids is 1. The first-order chi connectivity index (χ1) is 13.6. The first kappa shape index (κ1) is 24.3. The largest absolute Gasteiger partial charge is 0.386 e. The Morgan fingerprint density at radius 1 is 1.17 bits per heavy atom. The molecule has 6 nitrogen and oxygen atoms in total. The first-order valence-corrected chi connectivity index (χ1v) is 11.9. The van der Waals surface area contributed by atoms with Crippen LogP contribution in [-0.2, 0) is 15.6 Å². The minimum absolute atomic E-state index is 0.00991. The molecule has 0 aliphatic heterocycles. The number of benzene rings is 1. The fourth-order valence-corrected chi connectivity index (χ4v) is 5.81. The van der Waals surface area contributed by atoms with Gasteiger partial charge in [0.15, 0.2) is 0 Å². The average Bonchev–Trinajstić information content (AvgIpc) is 2.96. The number of anilines is 1. The summed E-state index contributed by atoms with van der Waals surface area (Å²) in [6, 6.07) is 3.34. The molecule has 0 aliphatic carbocycles. The van der Waals surface area contributed by atoms with Crippen molar-refractivity contribution >= 4 is 33.1 Å². The van der Waals surface area contributed by atoms with Gasteiger partial charge >= 0.3 is 6.03 Å². The molecule has 0 saturated carbocycles. The number of nitrogens with one attached hydrogen (secondary N) is 2. The molecule has 0 fully saturated rings. The van der Waals surface area contributed by atoms with Gasteiger partial charge in [-0.3, -0.25) is 0 Å². The Balaban J connectivity index is 2.37. The van der Waals surface area contributed by atoms with Gasteiger partial charge in [-0.25, -0.2) is 22.3 Å².